The number of para-hydroxylation sites is 1. The Morgan fingerprint density at radius 3 is 2.20 bits per heavy atom. The zero-order valence-corrected chi connectivity index (χ0v) is 11.0. The highest BCUT2D eigenvalue weighted by Gasteiger charge is 2.04. The van der Waals surface area contributed by atoms with Crippen molar-refractivity contribution in [3.8, 4) is 5.75 Å². The first kappa shape index (κ1) is 14.1. The Hall–Kier alpha value is -2.33. The average molecular weight is 272 g/mol. The molecule has 4 nitrogen and oxygen atoms in total. The molecule has 0 atom stereocenters. The summed E-state index contributed by atoms with van der Waals surface area (Å²) < 4.78 is 15.2. The predicted molar refractivity (Wildman–Crippen MR) is 74.5 cm³/mol. The van der Waals surface area contributed by atoms with Gasteiger partial charge in [-0.3, -0.25) is 0 Å². The van der Waals surface area contributed by atoms with Crippen LogP contribution in [0.1, 0.15) is 5.56 Å². The lowest BCUT2D eigenvalue weighted by Gasteiger charge is -2.06. The molecule has 0 aromatic heterocycles. The second kappa shape index (κ2) is 7.96. The van der Waals surface area contributed by atoms with Gasteiger partial charge in [0, 0.05) is 0 Å². The van der Waals surface area contributed by atoms with Crippen molar-refractivity contribution in [2.75, 3.05) is 13.2 Å². The van der Waals surface area contributed by atoms with Crippen molar-refractivity contribution in [1.29, 1.82) is 0 Å². The standard InChI is InChI=1S/C16H16O4/c17-16(20-15-9-5-2-6-10-15)19-12-11-18-13-14-7-3-1-4-8-14/h1-10H,11-13H2. The van der Waals surface area contributed by atoms with E-state index in [1.165, 1.54) is 0 Å². The number of benzene rings is 2. The smallest absolute Gasteiger partial charge is 0.432 e. The fraction of sp³-hybridized carbons (Fsp3) is 0.188. The van der Waals surface area contributed by atoms with Crippen molar-refractivity contribution >= 4 is 6.16 Å². The molecule has 0 radical (unpaired) electrons. The highest BCUT2D eigenvalue weighted by Crippen LogP contribution is 2.09. The molecule has 0 bridgehead atoms. The molecule has 0 aliphatic rings. The maximum absolute atomic E-state index is 11.3. The zero-order valence-electron chi connectivity index (χ0n) is 11.0. The van der Waals surface area contributed by atoms with Crippen LogP contribution in [-0.2, 0) is 16.1 Å². The molecule has 0 N–H and O–H groups in total. The van der Waals surface area contributed by atoms with E-state index in [2.05, 4.69) is 0 Å². The SMILES string of the molecule is O=C(OCCOCc1ccccc1)Oc1ccccc1. The van der Waals surface area contributed by atoms with Crippen LogP contribution in [0.4, 0.5) is 4.79 Å². The number of ether oxygens (including phenoxy) is 3. The van der Waals surface area contributed by atoms with Gasteiger partial charge < -0.3 is 14.2 Å². The molecule has 0 saturated heterocycles. The Morgan fingerprint density at radius 1 is 0.850 bits per heavy atom. The van der Waals surface area contributed by atoms with Crippen LogP contribution in [0, 0.1) is 0 Å². The summed E-state index contributed by atoms with van der Waals surface area (Å²) in [5, 5.41) is 0. The van der Waals surface area contributed by atoms with Gasteiger partial charge in [-0.2, -0.15) is 0 Å². The van der Waals surface area contributed by atoms with Crippen molar-refractivity contribution < 1.29 is 19.0 Å². The van der Waals surface area contributed by atoms with Crippen molar-refractivity contribution in [1.82, 2.24) is 0 Å². The predicted octanol–water partition coefficient (Wildman–Crippen LogP) is 3.42. The molecular weight excluding hydrogens is 256 g/mol. The van der Waals surface area contributed by atoms with Crippen LogP contribution >= 0.6 is 0 Å². The second-order valence-electron chi connectivity index (χ2n) is 4.05. The zero-order chi connectivity index (χ0) is 14.0. The third kappa shape index (κ3) is 5.12. The summed E-state index contributed by atoms with van der Waals surface area (Å²) in [6.45, 7) is 0.995. The van der Waals surface area contributed by atoms with E-state index in [-0.39, 0.29) is 6.61 Å². The van der Waals surface area contributed by atoms with Gasteiger partial charge in [0.1, 0.15) is 12.4 Å². The summed E-state index contributed by atoms with van der Waals surface area (Å²) in [5.74, 6) is 0.461. The Balaban J connectivity index is 1.58. The molecule has 2 aromatic rings. The van der Waals surface area contributed by atoms with Gasteiger partial charge in [0.05, 0.1) is 13.2 Å². The normalized spacial score (nSPS) is 10.0. The van der Waals surface area contributed by atoms with Gasteiger partial charge in [-0.05, 0) is 17.7 Å². The van der Waals surface area contributed by atoms with E-state index < -0.39 is 6.16 Å². The lowest BCUT2D eigenvalue weighted by Crippen LogP contribution is -2.14. The lowest BCUT2D eigenvalue weighted by molar-refractivity contribution is 0.0463. The van der Waals surface area contributed by atoms with Gasteiger partial charge in [0.2, 0.25) is 0 Å². The number of hydrogen-bond acceptors (Lipinski definition) is 4. The summed E-state index contributed by atoms with van der Waals surface area (Å²) in [6.07, 6.45) is -0.723. The molecule has 0 unspecified atom stereocenters. The summed E-state index contributed by atoms with van der Waals surface area (Å²) in [4.78, 5) is 11.3. The molecule has 104 valence electrons. The number of carbonyl (C=O) groups is 1. The first-order valence-electron chi connectivity index (χ1n) is 6.36. The average Bonchev–Trinajstić information content (AvgIpc) is 2.49. The maximum Gasteiger partial charge on any atom is 0.513 e. The van der Waals surface area contributed by atoms with Gasteiger partial charge in [-0.15, -0.1) is 0 Å². The van der Waals surface area contributed by atoms with Crippen LogP contribution in [-0.4, -0.2) is 19.4 Å². The van der Waals surface area contributed by atoms with Gasteiger partial charge in [0.25, 0.3) is 0 Å². The molecule has 20 heavy (non-hydrogen) atoms. The molecule has 0 heterocycles. The van der Waals surface area contributed by atoms with E-state index in [1.807, 2.05) is 36.4 Å². The van der Waals surface area contributed by atoms with Crippen LogP contribution in [0.2, 0.25) is 0 Å². The Kier molecular flexibility index (Phi) is 5.61. The second-order valence-corrected chi connectivity index (χ2v) is 4.05. The van der Waals surface area contributed by atoms with Crippen LogP contribution < -0.4 is 4.74 Å². The fourth-order valence-electron chi connectivity index (χ4n) is 1.56. The molecule has 0 amide bonds. The topological polar surface area (TPSA) is 44.8 Å². The van der Waals surface area contributed by atoms with E-state index in [0.717, 1.165) is 5.56 Å². The fourth-order valence-corrected chi connectivity index (χ4v) is 1.56. The molecule has 0 aliphatic heterocycles. The lowest BCUT2D eigenvalue weighted by atomic mass is 10.2. The number of rotatable bonds is 6. The van der Waals surface area contributed by atoms with Crippen LogP contribution in [0.5, 0.6) is 5.75 Å². The molecule has 0 aliphatic carbocycles. The summed E-state index contributed by atoms with van der Waals surface area (Å²) >= 11 is 0. The summed E-state index contributed by atoms with van der Waals surface area (Å²) in [5.41, 5.74) is 1.08. The molecule has 0 fully saturated rings. The largest absolute Gasteiger partial charge is 0.513 e. The molecular formula is C16H16O4. The third-order valence-electron chi connectivity index (χ3n) is 2.50. The van der Waals surface area contributed by atoms with Crippen molar-refractivity contribution in [2.24, 2.45) is 0 Å². The summed E-state index contributed by atoms with van der Waals surface area (Å²) in [7, 11) is 0. The quantitative estimate of drug-likeness (QED) is 0.459. The van der Waals surface area contributed by atoms with E-state index >= 15 is 0 Å². The molecule has 0 spiro atoms. The van der Waals surface area contributed by atoms with E-state index in [0.29, 0.717) is 19.0 Å². The van der Waals surface area contributed by atoms with E-state index in [9.17, 15) is 4.79 Å². The molecule has 2 aromatic carbocycles. The monoisotopic (exact) mass is 272 g/mol. The minimum atomic E-state index is -0.723. The third-order valence-corrected chi connectivity index (χ3v) is 2.50. The van der Waals surface area contributed by atoms with Gasteiger partial charge >= 0.3 is 6.16 Å². The summed E-state index contributed by atoms with van der Waals surface area (Å²) in [6, 6.07) is 18.6. The van der Waals surface area contributed by atoms with E-state index in [1.54, 1.807) is 24.3 Å². The van der Waals surface area contributed by atoms with Crippen LogP contribution in [0.3, 0.4) is 0 Å². The highest BCUT2D eigenvalue weighted by molar-refractivity contribution is 5.63. The van der Waals surface area contributed by atoms with E-state index in [4.69, 9.17) is 14.2 Å². The Bertz CT molecular complexity index is 511. The van der Waals surface area contributed by atoms with Crippen molar-refractivity contribution in [3.05, 3.63) is 66.2 Å². The molecule has 4 heteroatoms. The Morgan fingerprint density at radius 2 is 1.50 bits per heavy atom. The van der Waals surface area contributed by atoms with Gasteiger partial charge in [-0.1, -0.05) is 48.5 Å². The van der Waals surface area contributed by atoms with Gasteiger partial charge in [0.15, 0.2) is 0 Å². The van der Waals surface area contributed by atoms with Gasteiger partial charge in [-0.25, -0.2) is 4.79 Å². The first-order chi connectivity index (χ1) is 9.84. The molecule has 0 saturated carbocycles. The highest BCUT2D eigenvalue weighted by atomic mass is 16.7. The van der Waals surface area contributed by atoms with Crippen molar-refractivity contribution in [2.45, 2.75) is 6.61 Å². The number of carbonyl (C=O) groups excluding carboxylic acids is 1. The van der Waals surface area contributed by atoms with Crippen LogP contribution in [0.15, 0.2) is 60.7 Å². The maximum atomic E-state index is 11.3. The van der Waals surface area contributed by atoms with Crippen molar-refractivity contribution in [3.63, 3.8) is 0 Å². The minimum Gasteiger partial charge on any atom is -0.432 e. The van der Waals surface area contributed by atoms with Crippen LogP contribution in [0.25, 0.3) is 0 Å². The molecule has 2 rings (SSSR count). The number of hydrogen-bond donors (Lipinski definition) is 0. The first-order valence-corrected chi connectivity index (χ1v) is 6.36. The Labute approximate surface area is 117 Å². The minimum absolute atomic E-state index is 0.165.